The molecule has 1 aromatic heterocycles. The van der Waals surface area contributed by atoms with Crippen molar-refractivity contribution in [3.05, 3.63) is 35.6 Å². The zero-order valence-corrected chi connectivity index (χ0v) is 9.89. The van der Waals surface area contributed by atoms with E-state index in [4.69, 9.17) is 4.42 Å². The molecule has 92 valence electrons. The first-order valence-corrected chi connectivity index (χ1v) is 5.68. The van der Waals surface area contributed by atoms with Gasteiger partial charge >= 0.3 is 0 Å². The fourth-order valence-corrected chi connectivity index (χ4v) is 1.96. The predicted octanol–water partition coefficient (Wildman–Crippen LogP) is 3.25. The molecule has 0 aliphatic rings. The number of benzene rings is 1. The third kappa shape index (κ3) is 2.17. The first kappa shape index (κ1) is 12.0. The Morgan fingerprint density at radius 3 is 2.82 bits per heavy atom. The monoisotopic (exact) mass is 239 g/mol. The molecule has 0 amide bonds. The minimum atomic E-state index is -0.585. The van der Waals surface area contributed by atoms with Crippen LogP contribution in [0.4, 0.5) is 8.78 Å². The molecule has 2 rings (SSSR count). The van der Waals surface area contributed by atoms with Crippen LogP contribution in [0, 0.1) is 11.6 Å². The molecule has 4 heteroatoms. The third-order valence-electron chi connectivity index (χ3n) is 3.08. The summed E-state index contributed by atoms with van der Waals surface area (Å²) in [6, 6.07) is 2.94. The molecule has 0 radical (unpaired) electrons. The number of likely N-dealkylation sites (N-methyl/N-ethyl adjacent to an activating group) is 1. The van der Waals surface area contributed by atoms with Gasteiger partial charge in [-0.3, -0.25) is 0 Å². The zero-order valence-electron chi connectivity index (χ0n) is 9.89. The summed E-state index contributed by atoms with van der Waals surface area (Å²) >= 11 is 0. The molecule has 1 heterocycles. The second-order valence-electron chi connectivity index (χ2n) is 4.09. The van der Waals surface area contributed by atoms with E-state index in [1.807, 2.05) is 6.92 Å². The zero-order chi connectivity index (χ0) is 12.4. The molecule has 0 bridgehead atoms. The molecule has 1 aromatic carbocycles. The Hall–Kier alpha value is -1.42. The summed E-state index contributed by atoms with van der Waals surface area (Å²) in [6.45, 7) is 1.97. The fraction of sp³-hybridized carbons (Fsp3) is 0.385. The Morgan fingerprint density at radius 2 is 2.18 bits per heavy atom. The lowest BCUT2D eigenvalue weighted by molar-refractivity contribution is 0.489. The average Bonchev–Trinajstić information content (AvgIpc) is 2.77. The maximum Gasteiger partial charge on any atom is 0.172 e. The number of furan rings is 1. The number of nitrogens with one attached hydrogen (secondary N) is 1. The maximum absolute atomic E-state index is 14.0. The van der Waals surface area contributed by atoms with Gasteiger partial charge in [0.15, 0.2) is 11.4 Å². The van der Waals surface area contributed by atoms with Crippen molar-refractivity contribution in [3.8, 4) is 0 Å². The van der Waals surface area contributed by atoms with E-state index >= 15 is 0 Å². The van der Waals surface area contributed by atoms with E-state index in [2.05, 4.69) is 5.32 Å². The summed E-state index contributed by atoms with van der Waals surface area (Å²) in [6.07, 6.45) is 2.50. The number of hydrogen-bond acceptors (Lipinski definition) is 2. The lowest BCUT2D eigenvalue weighted by atomic mass is 10.0. The van der Waals surface area contributed by atoms with Gasteiger partial charge in [0.2, 0.25) is 0 Å². The van der Waals surface area contributed by atoms with Crippen LogP contribution in [-0.4, -0.2) is 13.1 Å². The standard InChI is InChI=1S/C13H15F2NO/c1-3-9(16-2)7-10-11(14)6-8-4-5-17-13(8)12(10)15/h4-6,9,16H,3,7H2,1-2H3/t9-/m1/s1. The summed E-state index contributed by atoms with van der Waals surface area (Å²) < 4.78 is 32.8. The molecule has 0 unspecified atom stereocenters. The second kappa shape index (κ2) is 4.84. The lowest BCUT2D eigenvalue weighted by Crippen LogP contribution is -2.27. The quantitative estimate of drug-likeness (QED) is 0.886. The van der Waals surface area contributed by atoms with E-state index in [9.17, 15) is 8.78 Å². The maximum atomic E-state index is 14.0. The highest BCUT2D eigenvalue weighted by molar-refractivity contribution is 5.78. The van der Waals surface area contributed by atoms with Gasteiger partial charge in [0, 0.05) is 17.0 Å². The summed E-state index contributed by atoms with van der Waals surface area (Å²) in [7, 11) is 1.79. The van der Waals surface area contributed by atoms with Crippen LogP contribution in [0.2, 0.25) is 0 Å². The van der Waals surface area contributed by atoms with Crippen molar-refractivity contribution in [2.45, 2.75) is 25.8 Å². The molecular weight excluding hydrogens is 224 g/mol. The number of hydrogen-bond donors (Lipinski definition) is 1. The van der Waals surface area contributed by atoms with E-state index in [1.165, 1.54) is 12.3 Å². The molecule has 17 heavy (non-hydrogen) atoms. The largest absolute Gasteiger partial charge is 0.461 e. The molecule has 0 aliphatic carbocycles. The van der Waals surface area contributed by atoms with Crippen molar-refractivity contribution in [2.75, 3.05) is 7.05 Å². The number of rotatable bonds is 4. The highest BCUT2D eigenvalue weighted by Crippen LogP contribution is 2.26. The van der Waals surface area contributed by atoms with Gasteiger partial charge in [-0.15, -0.1) is 0 Å². The van der Waals surface area contributed by atoms with Crippen molar-refractivity contribution >= 4 is 11.0 Å². The fourth-order valence-electron chi connectivity index (χ4n) is 1.96. The van der Waals surface area contributed by atoms with Crippen LogP contribution in [-0.2, 0) is 6.42 Å². The molecule has 0 saturated heterocycles. The van der Waals surface area contributed by atoms with Crippen LogP contribution in [0.3, 0.4) is 0 Å². The molecule has 1 N–H and O–H groups in total. The van der Waals surface area contributed by atoms with E-state index in [0.717, 1.165) is 6.42 Å². The summed E-state index contributed by atoms with van der Waals surface area (Å²) in [5.41, 5.74) is 0.223. The van der Waals surface area contributed by atoms with Crippen LogP contribution in [0.5, 0.6) is 0 Å². The smallest absolute Gasteiger partial charge is 0.172 e. The molecule has 1 atom stereocenters. The highest BCUT2D eigenvalue weighted by atomic mass is 19.1. The van der Waals surface area contributed by atoms with Gasteiger partial charge in [0.25, 0.3) is 0 Å². The molecule has 0 aliphatic heterocycles. The Kier molecular flexibility index (Phi) is 3.43. The average molecular weight is 239 g/mol. The van der Waals surface area contributed by atoms with Crippen molar-refractivity contribution in [1.82, 2.24) is 5.32 Å². The van der Waals surface area contributed by atoms with Gasteiger partial charge in [-0.2, -0.15) is 0 Å². The Morgan fingerprint density at radius 1 is 1.41 bits per heavy atom. The van der Waals surface area contributed by atoms with Crippen molar-refractivity contribution in [1.29, 1.82) is 0 Å². The van der Waals surface area contributed by atoms with E-state index < -0.39 is 11.6 Å². The summed E-state index contributed by atoms with van der Waals surface area (Å²) in [4.78, 5) is 0. The molecule has 2 nitrogen and oxygen atoms in total. The normalized spacial score (nSPS) is 13.2. The molecule has 0 spiro atoms. The van der Waals surface area contributed by atoms with Crippen LogP contribution in [0.25, 0.3) is 11.0 Å². The molecule has 0 saturated carbocycles. The van der Waals surface area contributed by atoms with E-state index in [-0.39, 0.29) is 17.2 Å². The van der Waals surface area contributed by atoms with Gasteiger partial charge in [0.1, 0.15) is 5.82 Å². The topological polar surface area (TPSA) is 25.2 Å². The van der Waals surface area contributed by atoms with Gasteiger partial charge < -0.3 is 9.73 Å². The van der Waals surface area contributed by atoms with Gasteiger partial charge in [-0.05, 0) is 32.0 Å². The van der Waals surface area contributed by atoms with Crippen LogP contribution < -0.4 is 5.32 Å². The van der Waals surface area contributed by atoms with Crippen molar-refractivity contribution in [3.63, 3.8) is 0 Å². The molecule has 0 fully saturated rings. The van der Waals surface area contributed by atoms with Crippen molar-refractivity contribution < 1.29 is 13.2 Å². The van der Waals surface area contributed by atoms with Gasteiger partial charge in [-0.25, -0.2) is 8.78 Å². The third-order valence-corrected chi connectivity index (χ3v) is 3.08. The second-order valence-corrected chi connectivity index (χ2v) is 4.09. The highest BCUT2D eigenvalue weighted by Gasteiger charge is 2.18. The van der Waals surface area contributed by atoms with Crippen molar-refractivity contribution in [2.24, 2.45) is 0 Å². The SMILES string of the molecule is CC[C@H](Cc1c(F)cc2ccoc2c1F)NC. The Labute approximate surface area is 98.6 Å². The van der Waals surface area contributed by atoms with Gasteiger partial charge in [-0.1, -0.05) is 6.92 Å². The van der Waals surface area contributed by atoms with Crippen LogP contribution in [0.15, 0.2) is 22.8 Å². The first-order chi connectivity index (χ1) is 8.17. The number of halogens is 2. The first-order valence-electron chi connectivity index (χ1n) is 5.68. The molecular formula is C13H15F2NO. The predicted molar refractivity (Wildman–Crippen MR) is 63.0 cm³/mol. The van der Waals surface area contributed by atoms with E-state index in [1.54, 1.807) is 13.1 Å². The molecule has 2 aromatic rings. The summed E-state index contributed by atoms with van der Waals surface area (Å²) in [5, 5.41) is 3.49. The minimum Gasteiger partial charge on any atom is -0.461 e. The van der Waals surface area contributed by atoms with Crippen LogP contribution in [0.1, 0.15) is 18.9 Å². The lowest BCUT2D eigenvalue weighted by Gasteiger charge is -2.14. The van der Waals surface area contributed by atoms with Gasteiger partial charge in [0.05, 0.1) is 6.26 Å². The number of fused-ring (bicyclic) bond motifs is 1. The van der Waals surface area contributed by atoms with E-state index in [0.29, 0.717) is 11.8 Å². The Balaban J connectivity index is 2.45. The van der Waals surface area contributed by atoms with Crippen LogP contribution >= 0.6 is 0 Å². The summed E-state index contributed by atoms with van der Waals surface area (Å²) in [5.74, 6) is -1.09. The minimum absolute atomic E-state index is 0.0615. The Bertz CT molecular complexity index is 517.